The van der Waals surface area contributed by atoms with E-state index in [1.165, 1.54) is 0 Å². The van der Waals surface area contributed by atoms with Crippen LogP contribution in [0.1, 0.15) is 42.8 Å². The van der Waals surface area contributed by atoms with E-state index in [-0.39, 0.29) is 11.8 Å². The molecule has 0 radical (unpaired) electrons. The van der Waals surface area contributed by atoms with E-state index < -0.39 is 0 Å². The van der Waals surface area contributed by atoms with Gasteiger partial charge in [-0.25, -0.2) is 0 Å². The summed E-state index contributed by atoms with van der Waals surface area (Å²) in [4.78, 5) is 18.7. The number of carbonyl (C=O) groups is 1. The number of fused-ring (bicyclic) bond motifs is 1. The molecule has 0 N–H and O–H groups in total. The molecule has 2 fully saturated rings. The summed E-state index contributed by atoms with van der Waals surface area (Å²) in [5, 5.41) is 4.05. The SMILES string of the molecule is O=C1C[C@@H](c2nc(C3CC3)no2)CN1c1ccc2c(c1)OCCO2. The Labute approximate surface area is 138 Å². The molecule has 1 amide bonds. The van der Waals surface area contributed by atoms with Gasteiger partial charge in [-0.3, -0.25) is 4.79 Å². The molecule has 7 heteroatoms. The molecule has 1 saturated carbocycles. The van der Waals surface area contributed by atoms with Crippen molar-refractivity contribution in [3.05, 3.63) is 29.9 Å². The maximum absolute atomic E-state index is 12.4. The lowest BCUT2D eigenvalue weighted by Gasteiger charge is -2.22. The van der Waals surface area contributed by atoms with Gasteiger partial charge >= 0.3 is 0 Å². The summed E-state index contributed by atoms with van der Waals surface area (Å²) >= 11 is 0. The van der Waals surface area contributed by atoms with E-state index in [0.29, 0.717) is 43.7 Å². The van der Waals surface area contributed by atoms with Crippen LogP contribution in [0.2, 0.25) is 0 Å². The molecule has 2 aliphatic heterocycles. The van der Waals surface area contributed by atoms with Crippen molar-refractivity contribution in [1.29, 1.82) is 0 Å². The third-order valence-corrected chi connectivity index (χ3v) is 4.71. The number of amides is 1. The second kappa shape index (κ2) is 5.22. The number of hydrogen-bond acceptors (Lipinski definition) is 6. The Morgan fingerprint density at radius 2 is 1.92 bits per heavy atom. The topological polar surface area (TPSA) is 77.7 Å². The van der Waals surface area contributed by atoms with Crippen molar-refractivity contribution in [2.75, 3.05) is 24.7 Å². The molecule has 0 spiro atoms. The molecule has 124 valence electrons. The Bertz CT molecular complexity index is 799. The number of hydrogen-bond donors (Lipinski definition) is 0. The number of rotatable bonds is 3. The van der Waals surface area contributed by atoms with E-state index in [0.717, 1.165) is 30.1 Å². The predicted molar refractivity (Wildman–Crippen MR) is 83.4 cm³/mol. The van der Waals surface area contributed by atoms with Crippen LogP contribution >= 0.6 is 0 Å². The van der Waals surface area contributed by atoms with Crippen molar-refractivity contribution in [3.63, 3.8) is 0 Å². The van der Waals surface area contributed by atoms with Gasteiger partial charge in [0, 0.05) is 30.6 Å². The number of nitrogens with zero attached hydrogens (tertiary/aromatic N) is 3. The van der Waals surface area contributed by atoms with Gasteiger partial charge in [-0.2, -0.15) is 4.98 Å². The largest absolute Gasteiger partial charge is 0.486 e. The maximum atomic E-state index is 12.4. The van der Waals surface area contributed by atoms with Crippen LogP contribution in [-0.4, -0.2) is 35.8 Å². The standard InChI is InChI=1S/C17H17N3O4/c21-15-7-11(17-18-16(19-24-17)10-1-2-10)9-20(15)12-3-4-13-14(8-12)23-6-5-22-13/h3-4,8,10-11H,1-2,5-7,9H2/t11-/m1/s1. The molecule has 3 heterocycles. The summed E-state index contributed by atoms with van der Waals surface area (Å²) in [5.41, 5.74) is 0.814. The van der Waals surface area contributed by atoms with Gasteiger partial charge in [0.1, 0.15) is 13.2 Å². The summed E-state index contributed by atoms with van der Waals surface area (Å²) in [6, 6.07) is 5.60. The second-order valence-electron chi connectivity index (χ2n) is 6.50. The van der Waals surface area contributed by atoms with E-state index in [4.69, 9.17) is 14.0 Å². The molecule has 24 heavy (non-hydrogen) atoms. The van der Waals surface area contributed by atoms with Crippen LogP contribution in [0.15, 0.2) is 22.7 Å². The van der Waals surface area contributed by atoms with E-state index in [1.54, 1.807) is 4.90 Å². The predicted octanol–water partition coefficient (Wildman–Crippen LogP) is 2.24. The maximum Gasteiger partial charge on any atom is 0.232 e. The quantitative estimate of drug-likeness (QED) is 0.860. The zero-order chi connectivity index (χ0) is 16.1. The van der Waals surface area contributed by atoms with E-state index in [1.807, 2.05) is 18.2 Å². The van der Waals surface area contributed by atoms with Crippen molar-refractivity contribution >= 4 is 11.6 Å². The molecule has 1 aliphatic carbocycles. The summed E-state index contributed by atoms with van der Waals surface area (Å²) in [6.45, 7) is 1.63. The zero-order valence-corrected chi connectivity index (χ0v) is 13.1. The number of ether oxygens (including phenoxy) is 2. The number of carbonyl (C=O) groups excluding carboxylic acids is 1. The average Bonchev–Trinajstić information content (AvgIpc) is 3.21. The molecular weight excluding hydrogens is 310 g/mol. The Morgan fingerprint density at radius 3 is 2.75 bits per heavy atom. The third-order valence-electron chi connectivity index (χ3n) is 4.71. The number of aromatic nitrogens is 2. The van der Waals surface area contributed by atoms with E-state index in [2.05, 4.69) is 10.1 Å². The van der Waals surface area contributed by atoms with Crippen molar-refractivity contribution in [2.45, 2.75) is 31.1 Å². The number of benzene rings is 1. The second-order valence-corrected chi connectivity index (χ2v) is 6.50. The Balaban J connectivity index is 1.37. The van der Waals surface area contributed by atoms with Gasteiger partial charge in [-0.05, 0) is 25.0 Å². The summed E-state index contributed by atoms with van der Waals surface area (Å²) < 4.78 is 16.5. The molecule has 0 bridgehead atoms. The molecule has 5 rings (SSSR count). The zero-order valence-electron chi connectivity index (χ0n) is 13.1. The van der Waals surface area contributed by atoms with Crippen molar-refractivity contribution in [2.24, 2.45) is 0 Å². The Kier molecular flexibility index (Phi) is 3.01. The molecule has 7 nitrogen and oxygen atoms in total. The first-order valence-corrected chi connectivity index (χ1v) is 8.31. The highest BCUT2D eigenvalue weighted by Crippen LogP contribution is 2.40. The smallest absolute Gasteiger partial charge is 0.232 e. The van der Waals surface area contributed by atoms with Gasteiger partial charge in [0.15, 0.2) is 17.3 Å². The molecule has 3 aliphatic rings. The molecule has 1 aromatic carbocycles. The van der Waals surface area contributed by atoms with Gasteiger partial charge in [0.25, 0.3) is 0 Å². The minimum absolute atomic E-state index is 0.0503. The first-order valence-electron chi connectivity index (χ1n) is 8.31. The van der Waals surface area contributed by atoms with Crippen LogP contribution in [-0.2, 0) is 4.79 Å². The van der Waals surface area contributed by atoms with Gasteiger partial charge in [0.2, 0.25) is 11.8 Å². The molecule has 2 aromatic rings. The molecular formula is C17H17N3O4. The monoisotopic (exact) mass is 327 g/mol. The van der Waals surface area contributed by atoms with Crippen LogP contribution < -0.4 is 14.4 Å². The lowest BCUT2D eigenvalue weighted by atomic mass is 10.1. The first kappa shape index (κ1) is 13.8. The van der Waals surface area contributed by atoms with Gasteiger partial charge in [-0.15, -0.1) is 0 Å². The molecule has 1 atom stereocenters. The van der Waals surface area contributed by atoms with Crippen LogP contribution in [0.25, 0.3) is 0 Å². The van der Waals surface area contributed by atoms with Gasteiger partial charge in [0.05, 0.1) is 5.92 Å². The highest BCUT2D eigenvalue weighted by atomic mass is 16.6. The third kappa shape index (κ3) is 2.31. The van der Waals surface area contributed by atoms with Crippen LogP contribution in [0.3, 0.4) is 0 Å². The summed E-state index contributed by atoms with van der Waals surface area (Å²) in [7, 11) is 0. The van der Waals surface area contributed by atoms with Crippen molar-refractivity contribution < 1.29 is 18.8 Å². The Hall–Kier alpha value is -2.57. The minimum atomic E-state index is -0.0503. The highest BCUT2D eigenvalue weighted by Gasteiger charge is 2.37. The van der Waals surface area contributed by atoms with Crippen LogP contribution in [0, 0.1) is 0 Å². The molecule has 1 aromatic heterocycles. The lowest BCUT2D eigenvalue weighted by molar-refractivity contribution is -0.117. The fraction of sp³-hybridized carbons (Fsp3) is 0.471. The van der Waals surface area contributed by atoms with Crippen molar-refractivity contribution in [1.82, 2.24) is 10.1 Å². The van der Waals surface area contributed by atoms with E-state index >= 15 is 0 Å². The van der Waals surface area contributed by atoms with Crippen LogP contribution in [0.4, 0.5) is 5.69 Å². The number of anilines is 1. The van der Waals surface area contributed by atoms with E-state index in [9.17, 15) is 4.79 Å². The van der Waals surface area contributed by atoms with Crippen LogP contribution in [0.5, 0.6) is 11.5 Å². The molecule has 0 unspecified atom stereocenters. The highest BCUT2D eigenvalue weighted by molar-refractivity contribution is 5.96. The Morgan fingerprint density at radius 1 is 1.08 bits per heavy atom. The van der Waals surface area contributed by atoms with Gasteiger partial charge < -0.3 is 18.9 Å². The normalized spacial score (nSPS) is 22.9. The fourth-order valence-electron chi connectivity index (χ4n) is 3.24. The van der Waals surface area contributed by atoms with Gasteiger partial charge in [-0.1, -0.05) is 5.16 Å². The fourth-order valence-corrected chi connectivity index (χ4v) is 3.24. The lowest BCUT2D eigenvalue weighted by Crippen LogP contribution is -2.24. The summed E-state index contributed by atoms with van der Waals surface area (Å²) in [6.07, 6.45) is 2.65. The molecule has 1 saturated heterocycles. The first-order chi connectivity index (χ1) is 11.8. The van der Waals surface area contributed by atoms with Crippen molar-refractivity contribution in [3.8, 4) is 11.5 Å². The minimum Gasteiger partial charge on any atom is -0.486 e. The summed E-state index contributed by atoms with van der Waals surface area (Å²) in [5.74, 6) is 3.23. The average molecular weight is 327 g/mol.